The Hall–Kier alpha value is -2.49. The minimum atomic E-state index is -0.396. The fourth-order valence-corrected chi connectivity index (χ4v) is 2.63. The second kappa shape index (κ2) is 4.56. The lowest BCUT2D eigenvalue weighted by Gasteiger charge is -2.21. The molecule has 0 unspecified atom stereocenters. The zero-order valence-electron chi connectivity index (χ0n) is 11.4. The Balaban J connectivity index is 2.20. The summed E-state index contributed by atoms with van der Waals surface area (Å²) in [5, 5.41) is 1.09. The third-order valence-electron chi connectivity index (χ3n) is 3.59. The second-order valence-corrected chi connectivity index (χ2v) is 4.88. The fourth-order valence-electron chi connectivity index (χ4n) is 2.63. The van der Waals surface area contributed by atoms with Crippen LogP contribution < -0.4 is 10.6 Å². The van der Waals surface area contributed by atoms with Crippen LogP contribution in [0.25, 0.3) is 10.9 Å². The van der Waals surface area contributed by atoms with Crippen LogP contribution in [-0.4, -0.2) is 12.0 Å². The van der Waals surface area contributed by atoms with Crippen LogP contribution in [0, 0.1) is 12.7 Å². The molecule has 2 aromatic carbocycles. The van der Waals surface area contributed by atoms with Crippen molar-refractivity contribution in [1.29, 1.82) is 0 Å². The average Bonchev–Trinajstić information content (AvgIpc) is 2.77. The Morgan fingerprint density at radius 2 is 1.85 bits per heavy atom. The van der Waals surface area contributed by atoms with Gasteiger partial charge in [0, 0.05) is 23.6 Å². The normalized spacial score (nSPS) is 10.9. The zero-order chi connectivity index (χ0) is 14.3. The SMILES string of the molecule is Cc1[nH]c2ccccc2c1N(C)c1cccc(F)c1N. The summed E-state index contributed by atoms with van der Waals surface area (Å²) in [6.07, 6.45) is 0. The Bertz CT molecular complexity index is 776. The van der Waals surface area contributed by atoms with Crippen molar-refractivity contribution >= 4 is 28.0 Å². The monoisotopic (exact) mass is 269 g/mol. The Kier molecular flexibility index (Phi) is 2.86. The number of aromatic amines is 1. The number of para-hydroxylation sites is 2. The topological polar surface area (TPSA) is 45.0 Å². The van der Waals surface area contributed by atoms with E-state index in [4.69, 9.17) is 5.73 Å². The number of rotatable bonds is 2. The van der Waals surface area contributed by atoms with Gasteiger partial charge in [0.15, 0.2) is 0 Å². The molecule has 0 aliphatic carbocycles. The number of nitrogens with two attached hydrogens (primary N) is 1. The Morgan fingerprint density at radius 1 is 1.10 bits per heavy atom. The molecule has 3 aromatic rings. The van der Waals surface area contributed by atoms with E-state index >= 15 is 0 Å². The third-order valence-corrected chi connectivity index (χ3v) is 3.59. The van der Waals surface area contributed by atoms with Crippen molar-refractivity contribution < 1.29 is 4.39 Å². The highest BCUT2D eigenvalue weighted by molar-refractivity contribution is 5.97. The summed E-state index contributed by atoms with van der Waals surface area (Å²) in [5.74, 6) is -0.396. The quantitative estimate of drug-likeness (QED) is 0.691. The molecule has 0 saturated carbocycles. The minimum Gasteiger partial charge on any atom is -0.395 e. The first-order chi connectivity index (χ1) is 9.59. The fraction of sp³-hybridized carbons (Fsp3) is 0.125. The number of anilines is 3. The van der Waals surface area contributed by atoms with Gasteiger partial charge in [-0.25, -0.2) is 4.39 Å². The minimum absolute atomic E-state index is 0.166. The maximum Gasteiger partial charge on any atom is 0.148 e. The lowest BCUT2D eigenvalue weighted by Crippen LogP contribution is -2.13. The molecule has 0 aliphatic heterocycles. The van der Waals surface area contributed by atoms with Gasteiger partial charge in [-0.15, -0.1) is 0 Å². The van der Waals surface area contributed by atoms with E-state index < -0.39 is 5.82 Å². The van der Waals surface area contributed by atoms with Gasteiger partial charge >= 0.3 is 0 Å². The zero-order valence-corrected chi connectivity index (χ0v) is 11.4. The number of aromatic nitrogens is 1. The van der Waals surface area contributed by atoms with E-state index in [1.54, 1.807) is 6.07 Å². The molecule has 4 heteroatoms. The summed E-state index contributed by atoms with van der Waals surface area (Å²) in [6.45, 7) is 2.00. The van der Waals surface area contributed by atoms with Gasteiger partial charge in [-0.2, -0.15) is 0 Å². The van der Waals surface area contributed by atoms with Crippen molar-refractivity contribution in [3.8, 4) is 0 Å². The molecule has 20 heavy (non-hydrogen) atoms. The van der Waals surface area contributed by atoms with E-state index in [-0.39, 0.29) is 5.69 Å². The predicted octanol–water partition coefficient (Wildman–Crippen LogP) is 3.97. The molecule has 0 bridgehead atoms. The largest absolute Gasteiger partial charge is 0.395 e. The number of halogens is 1. The highest BCUT2D eigenvalue weighted by atomic mass is 19.1. The van der Waals surface area contributed by atoms with E-state index in [0.29, 0.717) is 5.69 Å². The molecule has 102 valence electrons. The molecule has 0 atom stereocenters. The summed E-state index contributed by atoms with van der Waals surface area (Å²) in [5.41, 5.74) is 9.78. The molecular formula is C16H16FN3. The molecule has 0 fully saturated rings. The summed E-state index contributed by atoms with van der Waals surface area (Å²) >= 11 is 0. The first-order valence-electron chi connectivity index (χ1n) is 6.44. The van der Waals surface area contributed by atoms with Crippen LogP contribution in [0.2, 0.25) is 0 Å². The predicted molar refractivity (Wildman–Crippen MR) is 81.9 cm³/mol. The lowest BCUT2D eigenvalue weighted by molar-refractivity contribution is 0.632. The second-order valence-electron chi connectivity index (χ2n) is 4.88. The summed E-state index contributed by atoms with van der Waals surface area (Å²) < 4.78 is 13.6. The maximum absolute atomic E-state index is 13.6. The van der Waals surface area contributed by atoms with E-state index in [2.05, 4.69) is 4.98 Å². The highest BCUT2D eigenvalue weighted by Crippen LogP contribution is 2.37. The van der Waals surface area contributed by atoms with Gasteiger partial charge in [-0.1, -0.05) is 24.3 Å². The van der Waals surface area contributed by atoms with Crippen molar-refractivity contribution in [3.05, 3.63) is 54.0 Å². The average molecular weight is 269 g/mol. The molecule has 0 radical (unpaired) electrons. The highest BCUT2D eigenvalue weighted by Gasteiger charge is 2.16. The lowest BCUT2D eigenvalue weighted by atomic mass is 10.1. The molecule has 1 heterocycles. The molecule has 3 nitrogen and oxygen atoms in total. The molecule has 1 aromatic heterocycles. The van der Waals surface area contributed by atoms with Gasteiger partial charge in [0.1, 0.15) is 5.82 Å². The van der Waals surface area contributed by atoms with Crippen molar-refractivity contribution in [2.24, 2.45) is 0 Å². The van der Waals surface area contributed by atoms with Crippen molar-refractivity contribution in [1.82, 2.24) is 4.98 Å². The standard InChI is InChI=1S/C16H16FN3/c1-10-16(11-6-3-4-8-13(11)19-10)20(2)14-9-5-7-12(17)15(14)18/h3-9,19H,18H2,1-2H3. The molecule has 0 saturated heterocycles. The number of hydrogen-bond donors (Lipinski definition) is 2. The van der Waals surface area contributed by atoms with Crippen LogP contribution in [0.5, 0.6) is 0 Å². The van der Waals surface area contributed by atoms with Crippen LogP contribution in [-0.2, 0) is 0 Å². The summed E-state index contributed by atoms with van der Waals surface area (Å²) in [4.78, 5) is 5.26. The molecule has 0 spiro atoms. The number of aryl methyl sites for hydroxylation is 1. The molecular weight excluding hydrogens is 253 g/mol. The van der Waals surface area contributed by atoms with Gasteiger partial charge in [0.25, 0.3) is 0 Å². The van der Waals surface area contributed by atoms with Gasteiger partial charge in [0.05, 0.1) is 17.1 Å². The van der Waals surface area contributed by atoms with Crippen LogP contribution in [0.4, 0.5) is 21.5 Å². The molecule has 3 rings (SSSR count). The number of benzene rings is 2. The first-order valence-corrected chi connectivity index (χ1v) is 6.44. The van der Waals surface area contributed by atoms with Crippen molar-refractivity contribution in [2.45, 2.75) is 6.92 Å². The number of hydrogen-bond acceptors (Lipinski definition) is 2. The number of H-pyrrole nitrogens is 1. The van der Waals surface area contributed by atoms with Gasteiger partial charge in [0.2, 0.25) is 0 Å². The van der Waals surface area contributed by atoms with Gasteiger partial charge in [-0.3, -0.25) is 0 Å². The number of fused-ring (bicyclic) bond motifs is 1. The third kappa shape index (κ3) is 1.81. The van der Waals surface area contributed by atoms with Crippen LogP contribution in [0.3, 0.4) is 0 Å². The first kappa shape index (κ1) is 12.5. The number of nitrogens with zero attached hydrogens (tertiary/aromatic N) is 1. The van der Waals surface area contributed by atoms with Crippen LogP contribution in [0.15, 0.2) is 42.5 Å². The Labute approximate surface area is 116 Å². The summed E-state index contributed by atoms with van der Waals surface area (Å²) in [7, 11) is 1.90. The maximum atomic E-state index is 13.6. The Morgan fingerprint density at radius 3 is 2.65 bits per heavy atom. The number of nitrogens with one attached hydrogen (secondary N) is 1. The van der Waals surface area contributed by atoms with Crippen molar-refractivity contribution in [2.75, 3.05) is 17.7 Å². The smallest absolute Gasteiger partial charge is 0.148 e. The van der Waals surface area contributed by atoms with Gasteiger partial charge < -0.3 is 15.6 Å². The van der Waals surface area contributed by atoms with E-state index in [9.17, 15) is 4.39 Å². The number of nitrogen functional groups attached to an aromatic ring is 1. The van der Waals surface area contributed by atoms with Crippen LogP contribution in [0.1, 0.15) is 5.69 Å². The summed E-state index contributed by atoms with van der Waals surface area (Å²) in [6, 6.07) is 12.9. The van der Waals surface area contributed by atoms with E-state index in [1.807, 2.05) is 49.2 Å². The van der Waals surface area contributed by atoms with E-state index in [0.717, 1.165) is 22.3 Å². The van der Waals surface area contributed by atoms with Crippen LogP contribution >= 0.6 is 0 Å². The van der Waals surface area contributed by atoms with E-state index in [1.165, 1.54) is 6.07 Å². The molecule has 0 amide bonds. The molecule has 0 aliphatic rings. The van der Waals surface area contributed by atoms with Crippen molar-refractivity contribution in [3.63, 3.8) is 0 Å². The molecule has 3 N–H and O–H groups in total. The van der Waals surface area contributed by atoms with Gasteiger partial charge in [-0.05, 0) is 25.1 Å².